The van der Waals surface area contributed by atoms with E-state index in [0.717, 1.165) is 61.1 Å². The van der Waals surface area contributed by atoms with Crippen LogP contribution in [0.15, 0.2) is 47.4 Å². The van der Waals surface area contributed by atoms with Gasteiger partial charge in [0.1, 0.15) is 0 Å². The molecule has 0 spiro atoms. The van der Waals surface area contributed by atoms with Crippen LogP contribution in [-0.4, -0.2) is 30.3 Å². The van der Waals surface area contributed by atoms with Gasteiger partial charge in [0.15, 0.2) is 0 Å². The number of thioether (sulfide) groups is 1. The molecule has 2 aromatic rings. The minimum atomic E-state index is -0.361. The number of nitrogens with one attached hydrogen (secondary N) is 2. The lowest BCUT2D eigenvalue weighted by molar-refractivity contribution is -0.115. The summed E-state index contributed by atoms with van der Waals surface area (Å²) >= 11 is 7.50. The first-order chi connectivity index (χ1) is 15.0. The SMILES string of the molecule is Cl.NCc1ccc(CNC2CCCN(c3c(Cl)cccc3/C=C3/SC(=O)NC3=O)C2)cc1. The predicted octanol–water partition coefficient (Wildman–Crippen LogP) is 4.30. The van der Waals surface area contributed by atoms with Crippen LogP contribution in [0.2, 0.25) is 5.02 Å². The molecule has 2 aliphatic heterocycles. The van der Waals surface area contributed by atoms with E-state index in [1.54, 1.807) is 6.08 Å². The smallest absolute Gasteiger partial charge is 0.290 e. The van der Waals surface area contributed by atoms with Crippen molar-refractivity contribution in [2.45, 2.75) is 32.0 Å². The Kier molecular flexibility index (Phi) is 8.62. The van der Waals surface area contributed by atoms with E-state index in [1.165, 1.54) is 5.56 Å². The number of carbonyl (C=O) groups is 2. The number of piperidine rings is 1. The molecule has 4 rings (SSSR count). The normalized spacial score (nSPS) is 19.8. The van der Waals surface area contributed by atoms with E-state index in [-0.39, 0.29) is 23.6 Å². The molecule has 4 N–H and O–H groups in total. The molecule has 0 radical (unpaired) electrons. The number of nitrogens with zero attached hydrogens (tertiary/aromatic N) is 1. The van der Waals surface area contributed by atoms with Crippen LogP contribution in [-0.2, 0) is 17.9 Å². The quantitative estimate of drug-likeness (QED) is 0.520. The molecule has 0 saturated carbocycles. The Bertz CT molecular complexity index is 1010. The number of halogens is 2. The van der Waals surface area contributed by atoms with Gasteiger partial charge in [-0.25, -0.2) is 0 Å². The van der Waals surface area contributed by atoms with Crippen LogP contribution < -0.4 is 21.3 Å². The summed E-state index contributed by atoms with van der Waals surface area (Å²) in [5.74, 6) is -0.361. The highest BCUT2D eigenvalue weighted by molar-refractivity contribution is 8.18. The van der Waals surface area contributed by atoms with Crippen molar-refractivity contribution in [1.82, 2.24) is 10.6 Å². The molecular formula is C23H26Cl2N4O2S. The molecule has 6 nitrogen and oxygen atoms in total. The Hall–Kier alpha value is -2.03. The summed E-state index contributed by atoms with van der Waals surface area (Å²) in [4.78, 5) is 26.2. The third kappa shape index (κ3) is 5.85. The van der Waals surface area contributed by atoms with Gasteiger partial charge in [0.2, 0.25) is 0 Å². The molecule has 2 fully saturated rings. The fraction of sp³-hybridized carbons (Fsp3) is 0.304. The number of amides is 2. The molecule has 1 unspecified atom stereocenters. The molecule has 2 aliphatic rings. The molecule has 2 amide bonds. The summed E-state index contributed by atoms with van der Waals surface area (Å²) in [5.41, 5.74) is 9.78. The molecule has 0 aliphatic carbocycles. The van der Waals surface area contributed by atoms with Crippen molar-refractivity contribution in [3.05, 3.63) is 69.1 Å². The Morgan fingerprint density at radius 2 is 1.94 bits per heavy atom. The van der Waals surface area contributed by atoms with E-state index >= 15 is 0 Å². The summed E-state index contributed by atoms with van der Waals surface area (Å²) < 4.78 is 0. The van der Waals surface area contributed by atoms with Crippen LogP contribution in [0.5, 0.6) is 0 Å². The lowest BCUT2D eigenvalue weighted by Gasteiger charge is -2.36. The maximum absolute atomic E-state index is 12.0. The standard InChI is InChI=1S/C23H25ClN4O2S.ClH/c24-19-5-1-3-17(11-20-22(29)27-23(30)31-20)21(19)28-10-2-4-18(14-28)26-13-16-8-6-15(12-25)7-9-16;/h1,3,5-9,11,18,26H,2,4,10,12-14,25H2,(H,27,29,30);1H/b20-11+;. The van der Waals surface area contributed by atoms with Crippen LogP contribution >= 0.6 is 35.8 Å². The van der Waals surface area contributed by atoms with Crippen molar-refractivity contribution < 1.29 is 9.59 Å². The zero-order valence-corrected chi connectivity index (χ0v) is 19.9. The molecular weight excluding hydrogens is 467 g/mol. The minimum absolute atomic E-state index is 0. The molecule has 32 heavy (non-hydrogen) atoms. The third-order valence-electron chi connectivity index (χ3n) is 5.54. The van der Waals surface area contributed by atoms with Gasteiger partial charge in [0.25, 0.3) is 11.1 Å². The highest BCUT2D eigenvalue weighted by Gasteiger charge is 2.27. The Morgan fingerprint density at radius 1 is 1.19 bits per heavy atom. The molecule has 0 bridgehead atoms. The highest BCUT2D eigenvalue weighted by atomic mass is 35.5. The summed E-state index contributed by atoms with van der Waals surface area (Å²) in [6.07, 6.45) is 3.88. The summed E-state index contributed by atoms with van der Waals surface area (Å²) in [5, 5.41) is 6.25. The van der Waals surface area contributed by atoms with Gasteiger partial charge in [-0.15, -0.1) is 12.4 Å². The second-order valence-electron chi connectivity index (χ2n) is 7.72. The van der Waals surface area contributed by atoms with Crippen LogP contribution in [0.3, 0.4) is 0 Å². The van der Waals surface area contributed by atoms with E-state index < -0.39 is 0 Å². The molecule has 2 saturated heterocycles. The Balaban J connectivity index is 0.00000289. The van der Waals surface area contributed by atoms with Crippen LogP contribution in [0, 0.1) is 0 Å². The highest BCUT2D eigenvalue weighted by Crippen LogP contribution is 2.35. The van der Waals surface area contributed by atoms with Gasteiger partial charge >= 0.3 is 0 Å². The number of hydrogen-bond acceptors (Lipinski definition) is 6. The average Bonchev–Trinajstić information content (AvgIpc) is 3.09. The predicted molar refractivity (Wildman–Crippen MR) is 134 cm³/mol. The number of carbonyl (C=O) groups excluding carboxylic acids is 2. The van der Waals surface area contributed by atoms with Crippen LogP contribution in [0.1, 0.15) is 29.5 Å². The second-order valence-corrected chi connectivity index (χ2v) is 9.14. The monoisotopic (exact) mass is 492 g/mol. The zero-order chi connectivity index (χ0) is 21.8. The van der Waals surface area contributed by atoms with Crippen molar-refractivity contribution in [2.24, 2.45) is 5.73 Å². The topological polar surface area (TPSA) is 87.5 Å². The summed E-state index contributed by atoms with van der Waals surface area (Å²) in [6.45, 7) is 3.05. The molecule has 1 atom stereocenters. The van der Waals surface area contributed by atoms with Crippen molar-refractivity contribution in [3.8, 4) is 0 Å². The lowest BCUT2D eigenvalue weighted by Crippen LogP contribution is -2.45. The number of para-hydroxylation sites is 1. The molecule has 2 aromatic carbocycles. The lowest BCUT2D eigenvalue weighted by atomic mass is 10.0. The molecule has 2 heterocycles. The van der Waals surface area contributed by atoms with E-state index in [1.807, 2.05) is 18.2 Å². The summed E-state index contributed by atoms with van der Waals surface area (Å²) in [7, 11) is 0. The maximum Gasteiger partial charge on any atom is 0.290 e. The number of rotatable bonds is 6. The molecule has 0 aromatic heterocycles. The van der Waals surface area contributed by atoms with E-state index in [9.17, 15) is 9.59 Å². The van der Waals surface area contributed by atoms with Crippen LogP contribution in [0.25, 0.3) is 6.08 Å². The maximum atomic E-state index is 12.0. The fourth-order valence-corrected chi connectivity index (χ4v) is 4.92. The van der Waals surface area contributed by atoms with Gasteiger partial charge in [0.05, 0.1) is 15.6 Å². The number of hydrogen-bond donors (Lipinski definition) is 3. The Morgan fingerprint density at radius 3 is 2.62 bits per heavy atom. The first-order valence-electron chi connectivity index (χ1n) is 10.3. The van der Waals surface area contributed by atoms with Gasteiger partial charge in [0, 0.05) is 37.8 Å². The van der Waals surface area contributed by atoms with E-state index in [0.29, 0.717) is 22.5 Å². The van der Waals surface area contributed by atoms with Crippen molar-refractivity contribution >= 4 is 58.7 Å². The molecule has 9 heteroatoms. The van der Waals surface area contributed by atoms with E-state index in [4.69, 9.17) is 17.3 Å². The molecule has 170 valence electrons. The van der Waals surface area contributed by atoms with Gasteiger partial charge in [-0.3, -0.25) is 14.9 Å². The first-order valence-corrected chi connectivity index (χ1v) is 11.5. The van der Waals surface area contributed by atoms with Gasteiger partial charge in [-0.05, 0) is 47.9 Å². The number of benzene rings is 2. The summed E-state index contributed by atoms with van der Waals surface area (Å²) in [6, 6.07) is 14.3. The van der Waals surface area contributed by atoms with Crippen LogP contribution in [0.4, 0.5) is 10.5 Å². The van der Waals surface area contributed by atoms with E-state index in [2.05, 4.69) is 39.8 Å². The fourth-order valence-electron chi connectivity index (χ4n) is 3.95. The van der Waals surface area contributed by atoms with Crippen molar-refractivity contribution in [1.29, 1.82) is 0 Å². The average molecular weight is 493 g/mol. The van der Waals surface area contributed by atoms with Crippen molar-refractivity contribution in [3.63, 3.8) is 0 Å². The van der Waals surface area contributed by atoms with Gasteiger partial charge < -0.3 is 16.0 Å². The number of imide groups is 1. The number of nitrogens with two attached hydrogens (primary N) is 1. The minimum Gasteiger partial charge on any atom is -0.368 e. The van der Waals surface area contributed by atoms with Crippen molar-refractivity contribution in [2.75, 3.05) is 18.0 Å². The Labute approximate surface area is 203 Å². The largest absolute Gasteiger partial charge is 0.368 e. The first kappa shape index (κ1) is 24.6. The number of anilines is 1. The van der Waals surface area contributed by atoms with Gasteiger partial charge in [-0.1, -0.05) is 48.0 Å². The second kappa shape index (κ2) is 11.2. The zero-order valence-electron chi connectivity index (χ0n) is 17.5. The van der Waals surface area contributed by atoms with Gasteiger partial charge in [-0.2, -0.15) is 0 Å². The third-order valence-corrected chi connectivity index (χ3v) is 6.65.